The van der Waals surface area contributed by atoms with Gasteiger partial charge in [0.25, 0.3) is 0 Å². The third kappa shape index (κ3) is 2.88. The third-order valence-corrected chi connectivity index (χ3v) is 2.85. The average Bonchev–Trinajstić information content (AvgIpc) is 2.46. The van der Waals surface area contributed by atoms with Crippen molar-refractivity contribution < 1.29 is 0 Å². The summed E-state index contributed by atoms with van der Waals surface area (Å²) in [4.78, 5) is 11.2. The Morgan fingerprint density at radius 2 is 2.43 bits per heavy atom. The fourth-order valence-electron chi connectivity index (χ4n) is 1.03. The van der Waals surface area contributed by atoms with Crippen LogP contribution in [0.2, 0.25) is 0 Å². The number of hydrogen-bond acceptors (Lipinski definition) is 4. The minimum Gasteiger partial charge on any atom is -0.328 e. The van der Waals surface area contributed by atoms with Crippen LogP contribution in [-0.4, -0.2) is 26.6 Å². The van der Waals surface area contributed by atoms with Crippen LogP contribution < -0.4 is 11.4 Å². The van der Waals surface area contributed by atoms with Gasteiger partial charge in [-0.2, -0.15) is 0 Å². The SMILES string of the molecule is CCn1c(SCCC(C)N)n[nH]c1=O. The average molecular weight is 216 g/mol. The highest BCUT2D eigenvalue weighted by Crippen LogP contribution is 2.14. The van der Waals surface area contributed by atoms with E-state index in [-0.39, 0.29) is 11.7 Å². The van der Waals surface area contributed by atoms with Crippen LogP contribution in [0.25, 0.3) is 0 Å². The van der Waals surface area contributed by atoms with Crippen molar-refractivity contribution in [1.82, 2.24) is 14.8 Å². The molecule has 0 bridgehead atoms. The van der Waals surface area contributed by atoms with Crippen LogP contribution in [0.3, 0.4) is 0 Å². The molecule has 1 unspecified atom stereocenters. The van der Waals surface area contributed by atoms with E-state index in [0.717, 1.165) is 17.3 Å². The summed E-state index contributed by atoms with van der Waals surface area (Å²) in [6, 6.07) is 0.197. The van der Waals surface area contributed by atoms with Gasteiger partial charge in [0.05, 0.1) is 0 Å². The Balaban J connectivity index is 2.54. The molecule has 14 heavy (non-hydrogen) atoms. The van der Waals surface area contributed by atoms with Gasteiger partial charge in [-0.1, -0.05) is 11.8 Å². The van der Waals surface area contributed by atoms with Crippen LogP contribution in [0.4, 0.5) is 0 Å². The second-order valence-electron chi connectivity index (χ2n) is 3.17. The van der Waals surface area contributed by atoms with Crippen LogP contribution >= 0.6 is 11.8 Å². The molecule has 1 heterocycles. The second kappa shape index (κ2) is 5.21. The zero-order valence-corrected chi connectivity index (χ0v) is 9.30. The number of rotatable bonds is 5. The van der Waals surface area contributed by atoms with Crippen molar-refractivity contribution >= 4 is 11.8 Å². The molecule has 0 aliphatic heterocycles. The lowest BCUT2D eigenvalue weighted by Crippen LogP contribution is -2.17. The summed E-state index contributed by atoms with van der Waals surface area (Å²) in [7, 11) is 0. The van der Waals surface area contributed by atoms with Gasteiger partial charge < -0.3 is 5.73 Å². The van der Waals surface area contributed by atoms with Crippen LogP contribution in [0, 0.1) is 0 Å². The first-order valence-corrected chi connectivity index (χ1v) is 5.67. The standard InChI is InChI=1S/C8H16N4OS/c1-3-12-7(13)10-11-8(12)14-5-4-6(2)9/h6H,3-5,9H2,1-2H3,(H,10,13). The predicted molar refractivity (Wildman–Crippen MR) is 57.5 cm³/mol. The number of thioether (sulfide) groups is 1. The normalized spacial score (nSPS) is 13.1. The van der Waals surface area contributed by atoms with Gasteiger partial charge >= 0.3 is 5.69 Å². The van der Waals surface area contributed by atoms with E-state index >= 15 is 0 Å². The molecule has 0 spiro atoms. The molecule has 1 aromatic heterocycles. The van der Waals surface area contributed by atoms with Gasteiger partial charge in [0.15, 0.2) is 5.16 Å². The molecule has 0 saturated carbocycles. The summed E-state index contributed by atoms with van der Waals surface area (Å²) in [5, 5.41) is 7.11. The Labute approximate surface area is 87.1 Å². The number of nitrogens with zero attached hydrogens (tertiary/aromatic N) is 2. The van der Waals surface area contributed by atoms with E-state index in [4.69, 9.17) is 5.73 Å². The van der Waals surface area contributed by atoms with Crippen LogP contribution in [0.1, 0.15) is 20.3 Å². The van der Waals surface area contributed by atoms with Crippen LogP contribution in [-0.2, 0) is 6.54 Å². The Bertz CT molecular complexity index is 330. The smallest absolute Gasteiger partial charge is 0.328 e. The first kappa shape index (κ1) is 11.3. The van der Waals surface area contributed by atoms with Crippen molar-refractivity contribution in [2.45, 2.75) is 38.0 Å². The summed E-state index contributed by atoms with van der Waals surface area (Å²) in [5.74, 6) is 0.891. The van der Waals surface area contributed by atoms with E-state index in [1.165, 1.54) is 0 Å². The molecular formula is C8H16N4OS. The molecule has 1 atom stereocenters. The van der Waals surface area contributed by atoms with Gasteiger partial charge in [-0.3, -0.25) is 4.57 Å². The van der Waals surface area contributed by atoms with Gasteiger partial charge in [0.1, 0.15) is 0 Å². The molecule has 0 aliphatic carbocycles. The molecule has 0 aromatic carbocycles. The highest BCUT2D eigenvalue weighted by molar-refractivity contribution is 7.99. The van der Waals surface area contributed by atoms with Gasteiger partial charge in [0.2, 0.25) is 0 Å². The Morgan fingerprint density at radius 1 is 1.71 bits per heavy atom. The Hall–Kier alpha value is -0.750. The summed E-state index contributed by atoms with van der Waals surface area (Å²) >= 11 is 1.56. The van der Waals surface area contributed by atoms with Gasteiger partial charge in [-0.15, -0.1) is 5.10 Å². The van der Waals surface area contributed by atoms with Gasteiger partial charge in [0, 0.05) is 18.3 Å². The van der Waals surface area contributed by atoms with Crippen molar-refractivity contribution in [2.75, 3.05) is 5.75 Å². The lowest BCUT2D eigenvalue weighted by atomic mass is 10.3. The molecule has 0 radical (unpaired) electrons. The lowest BCUT2D eigenvalue weighted by molar-refractivity contribution is 0.658. The molecule has 0 saturated heterocycles. The molecular weight excluding hydrogens is 200 g/mol. The van der Waals surface area contributed by atoms with Crippen LogP contribution in [0.5, 0.6) is 0 Å². The highest BCUT2D eigenvalue weighted by Gasteiger charge is 2.06. The number of nitrogens with two attached hydrogens (primary N) is 1. The molecule has 0 aliphatic rings. The van der Waals surface area contributed by atoms with E-state index in [0.29, 0.717) is 6.54 Å². The molecule has 0 amide bonds. The van der Waals surface area contributed by atoms with Crippen molar-refractivity contribution in [3.05, 3.63) is 10.5 Å². The Kier molecular flexibility index (Phi) is 4.21. The minimum absolute atomic E-state index is 0.143. The minimum atomic E-state index is -0.143. The first-order valence-electron chi connectivity index (χ1n) is 4.68. The van der Waals surface area contributed by atoms with Crippen LogP contribution in [0.15, 0.2) is 9.95 Å². The van der Waals surface area contributed by atoms with Crippen molar-refractivity contribution in [2.24, 2.45) is 5.73 Å². The molecule has 0 fully saturated rings. The maximum atomic E-state index is 11.2. The van der Waals surface area contributed by atoms with E-state index in [9.17, 15) is 4.79 Å². The molecule has 1 aromatic rings. The summed E-state index contributed by atoms with van der Waals surface area (Å²) in [5.41, 5.74) is 5.48. The summed E-state index contributed by atoms with van der Waals surface area (Å²) < 4.78 is 1.62. The molecule has 80 valence electrons. The third-order valence-electron chi connectivity index (χ3n) is 1.84. The zero-order chi connectivity index (χ0) is 10.6. The summed E-state index contributed by atoms with van der Waals surface area (Å²) in [6.45, 7) is 4.54. The second-order valence-corrected chi connectivity index (χ2v) is 4.23. The molecule has 5 nitrogen and oxygen atoms in total. The fraction of sp³-hybridized carbons (Fsp3) is 0.750. The van der Waals surface area contributed by atoms with E-state index in [1.54, 1.807) is 16.3 Å². The fourth-order valence-corrected chi connectivity index (χ4v) is 2.18. The molecule has 1 rings (SSSR count). The molecule has 3 N–H and O–H groups in total. The van der Waals surface area contributed by atoms with E-state index < -0.39 is 0 Å². The predicted octanol–water partition coefficient (Wildman–Crippen LogP) is 0.421. The Morgan fingerprint density at radius 3 is 3.00 bits per heavy atom. The number of aromatic nitrogens is 3. The number of nitrogens with one attached hydrogen (secondary N) is 1. The largest absolute Gasteiger partial charge is 0.343 e. The highest BCUT2D eigenvalue weighted by atomic mass is 32.2. The van der Waals surface area contributed by atoms with Crippen molar-refractivity contribution in [3.8, 4) is 0 Å². The first-order chi connectivity index (χ1) is 6.65. The number of aromatic amines is 1. The number of H-pyrrole nitrogens is 1. The number of hydrogen-bond donors (Lipinski definition) is 2. The van der Waals surface area contributed by atoms with Gasteiger partial charge in [-0.05, 0) is 20.3 Å². The molecule has 6 heteroatoms. The van der Waals surface area contributed by atoms with Gasteiger partial charge in [-0.25, -0.2) is 9.89 Å². The maximum absolute atomic E-state index is 11.2. The summed E-state index contributed by atoms with van der Waals surface area (Å²) in [6.07, 6.45) is 0.926. The van der Waals surface area contributed by atoms with E-state index in [2.05, 4.69) is 10.2 Å². The quantitative estimate of drug-likeness (QED) is 0.699. The topological polar surface area (TPSA) is 76.7 Å². The van der Waals surface area contributed by atoms with Crippen molar-refractivity contribution in [3.63, 3.8) is 0 Å². The maximum Gasteiger partial charge on any atom is 0.343 e. The monoisotopic (exact) mass is 216 g/mol. The van der Waals surface area contributed by atoms with Crippen molar-refractivity contribution in [1.29, 1.82) is 0 Å². The van der Waals surface area contributed by atoms with E-state index in [1.807, 2.05) is 13.8 Å². The lowest BCUT2D eigenvalue weighted by Gasteiger charge is -2.04. The zero-order valence-electron chi connectivity index (χ0n) is 8.49.